The number of fused-ring (bicyclic) bond motifs is 1. The monoisotopic (exact) mass is 347 g/mol. The van der Waals surface area contributed by atoms with Gasteiger partial charge in [-0.05, 0) is 48.2 Å². The third kappa shape index (κ3) is 3.74. The van der Waals surface area contributed by atoms with Gasteiger partial charge in [0.25, 0.3) is 0 Å². The van der Waals surface area contributed by atoms with Gasteiger partial charge in [0.2, 0.25) is 5.28 Å². The van der Waals surface area contributed by atoms with Crippen LogP contribution >= 0.6 is 22.9 Å². The first kappa shape index (κ1) is 16.0. The van der Waals surface area contributed by atoms with Crippen LogP contribution in [0.3, 0.4) is 0 Å². The molecule has 23 heavy (non-hydrogen) atoms. The van der Waals surface area contributed by atoms with E-state index < -0.39 is 0 Å². The SMILES string of the molecule is CCc1cc2c(NCCc3ccc(OC)cc3)nc(Cl)nc2s1. The Hall–Kier alpha value is -1.85. The van der Waals surface area contributed by atoms with Crippen LogP contribution in [-0.2, 0) is 12.8 Å². The first-order chi connectivity index (χ1) is 11.2. The Bertz CT molecular complexity index is 801. The van der Waals surface area contributed by atoms with Gasteiger partial charge in [0.05, 0.1) is 12.5 Å². The van der Waals surface area contributed by atoms with Gasteiger partial charge in [0.15, 0.2) is 0 Å². The molecule has 3 rings (SSSR count). The third-order valence-electron chi connectivity index (χ3n) is 3.63. The van der Waals surface area contributed by atoms with E-state index in [2.05, 4.69) is 40.4 Å². The summed E-state index contributed by atoms with van der Waals surface area (Å²) in [5, 5.41) is 4.72. The fourth-order valence-electron chi connectivity index (χ4n) is 2.37. The predicted octanol–water partition coefficient (Wildman–Crippen LogP) is 4.57. The molecule has 0 unspecified atom stereocenters. The maximum Gasteiger partial charge on any atom is 0.225 e. The smallest absolute Gasteiger partial charge is 0.225 e. The van der Waals surface area contributed by atoms with Crippen molar-refractivity contribution in [3.63, 3.8) is 0 Å². The summed E-state index contributed by atoms with van der Waals surface area (Å²) >= 11 is 7.71. The molecule has 3 aromatic rings. The van der Waals surface area contributed by atoms with Gasteiger partial charge in [0, 0.05) is 11.4 Å². The van der Waals surface area contributed by atoms with E-state index in [-0.39, 0.29) is 5.28 Å². The van der Waals surface area contributed by atoms with E-state index in [0.717, 1.165) is 41.2 Å². The average Bonchev–Trinajstić information content (AvgIpc) is 2.98. The van der Waals surface area contributed by atoms with E-state index in [1.54, 1.807) is 18.4 Å². The van der Waals surface area contributed by atoms with Crippen LogP contribution in [0.4, 0.5) is 5.82 Å². The molecule has 0 aliphatic rings. The lowest BCUT2D eigenvalue weighted by Gasteiger charge is -2.07. The topological polar surface area (TPSA) is 47.0 Å². The van der Waals surface area contributed by atoms with Gasteiger partial charge >= 0.3 is 0 Å². The van der Waals surface area contributed by atoms with Crippen LogP contribution in [0.2, 0.25) is 5.28 Å². The lowest BCUT2D eigenvalue weighted by atomic mass is 10.1. The quantitative estimate of drug-likeness (QED) is 0.663. The van der Waals surface area contributed by atoms with E-state index in [9.17, 15) is 0 Å². The van der Waals surface area contributed by atoms with E-state index in [0.29, 0.717) is 0 Å². The second kappa shape index (κ2) is 7.15. The number of nitrogens with one attached hydrogen (secondary N) is 1. The maximum atomic E-state index is 6.04. The molecule has 4 nitrogen and oxygen atoms in total. The molecule has 0 amide bonds. The second-order valence-electron chi connectivity index (χ2n) is 5.15. The van der Waals surface area contributed by atoms with Gasteiger partial charge in [0.1, 0.15) is 16.4 Å². The van der Waals surface area contributed by atoms with Gasteiger partial charge < -0.3 is 10.1 Å². The molecule has 120 valence electrons. The van der Waals surface area contributed by atoms with Crippen molar-refractivity contribution < 1.29 is 4.74 Å². The summed E-state index contributed by atoms with van der Waals surface area (Å²) < 4.78 is 5.17. The number of nitrogens with zero attached hydrogens (tertiary/aromatic N) is 2. The molecule has 0 saturated heterocycles. The summed E-state index contributed by atoms with van der Waals surface area (Å²) in [6.45, 7) is 2.92. The summed E-state index contributed by atoms with van der Waals surface area (Å²) in [5.74, 6) is 1.68. The van der Waals surface area contributed by atoms with Crippen molar-refractivity contribution in [3.8, 4) is 5.75 Å². The fourth-order valence-corrected chi connectivity index (χ4v) is 3.56. The number of hydrogen-bond donors (Lipinski definition) is 1. The highest BCUT2D eigenvalue weighted by Gasteiger charge is 2.10. The van der Waals surface area contributed by atoms with Crippen molar-refractivity contribution in [2.75, 3.05) is 19.0 Å². The zero-order valence-corrected chi connectivity index (χ0v) is 14.7. The number of benzene rings is 1. The zero-order chi connectivity index (χ0) is 16.2. The maximum absolute atomic E-state index is 6.04. The number of ether oxygens (including phenoxy) is 1. The van der Waals surface area contributed by atoms with Crippen LogP contribution in [0.25, 0.3) is 10.2 Å². The molecule has 0 aliphatic heterocycles. The number of methoxy groups -OCH3 is 1. The number of rotatable bonds is 6. The number of anilines is 1. The normalized spacial score (nSPS) is 10.9. The Balaban J connectivity index is 1.72. The van der Waals surface area contributed by atoms with Crippen molar-refractivity contribution in [1.29, 1.82) is 0 Å². The molecule has 0 radical (unpaired) electrons. The van der Waals surface area contributed by atoms with E-state index in [4.69, 9.17) is 16.3 Å². The highest BCUT2D eigenvalue weighted by Crippen LogP contribution is 2.30. The van der Waals surface area contributed by atoms with Crippen LogP contribution in [0.1, 0.15) is 17.4 Å². The number of aromatic nitrogens is 2. The molecule has 2 heterocycles. The van der Waals surface area contributed by atoms with E-state index in [1.807, 2.05) is 12.1 Å². The minimum absolute atomic E-state index is 0.286. The Labute approximate surface area is 144 Å². The predicted molar refractivity (Wildman–Crippen MR) is 97.0 cm³/mol. The van der Waals surface area contributed by atoms with Crippen molar-refractivity contribution in [2.24, 2.45) is 0 Å². The Morgan fingerprint density at radius 3 is 2.70 bits per heavy atom. The van der Waals surface area contributed by atoms with Crippen molar-refractivity contribution in [3.05, 3.63) is 46.1 Å². The van der Waals surface area contributed by atoms with Crippen LogP contribution in [-0.4, -0.2) is 23.6 Å². The van der Waals surface area contributed by atoms with Gasteiger partial charge in [-0.15, -0.1) is 11.3 Å². The summed E-state index contributed by atoms with van der Waals surface area (Å²) in [5.41, 5.74) is 1.24. The molecule has 6 heteroatoms. The highest BCUT2D eigenvalue weighted by atomic mass is 35.5. The number of hydrogen-bond acceptors (Lipinski definition) is 5. The molecule has 0 bridgehead atoms. The average molecular weight is 348 g/mol. The largest absolute Gasteiger partial charge is 0.497 e. The first-order valence-corrected chi connectivity index (χ1v) is 8.71. The molecule has 0 aliphatic carbocycles. The lowest BCUT2D eigenvalue weighted by molar-refractivity contribution is 0.414. The summed E-state index contributed by atoms with van der Waals surface area (Å²) in [4.78, 5) is 10.9. The molecular formula is C17H18ClN3OS. The Morgan fingerprint density at radius 1 is 1.22 bits per heavy atom. The lowest BCUT2D eigenvalue weighted by Crippen LogP contribution is -2.07. The van der Waals surface area contributed by atoms with Gasteiger partial charge in [-0.3, -0.25) is 0 Å². The molecule has 0 spiro atoms. The third-order valence-corrected chi connectivity index (χ3v) is 4.97. The summed E-state index contributed by atoms with van der Waals surface area (Å²) in [7, 11) is 1.67. The second-order valence-corrected chi connectivity index (χ2v) is 6.60. The molecule has 0 saturated carbocycles. The number of aryl methyl sites for hydroxylation is 1. The van der Waals surface area contributed by atoms with Crippen LogP contribution < -0.4 is 10.1 Å². The molecule has 1 aromatic carbocycles. The minimum atomic E-state index is 0.286. The van der Waals surface area contributed by atoms with Crippen LogP contribution in [0.5, 0.6) is 5.75 Å². The van der Waals surface area contributed by atoms with Gasteiger partial charge in [-0.25, -0.2) is 9.97 Å². The van der Waals surface area contributed by atoms with E-state index in [1.165, 1.54) is 10.4 Å². The van der Waals surface area contributed by atoms with Crippen LogP contribution in [0, 0.1) is 0 Å². The molecular weight excluding hydrogens is 330 g/mol. The molecule has 0 fully saturated rings. The minimum Gasteiger partial charge on any atom is -0.497 e. The Kier molecular flexibility index (Phi) is 4.98. The van der Waals surface area contributed by atoms with Crippen molar-refractivity contribution in [1.82, 2.24) is 9.97 Å². The molecule has 0 atom stereocenters. The van der Waals surface area contributed by atoms with Gasteiger partial charge in [-0.2, -0.15) is 0 Å². The summed E-state index contributed by atoms with van der Waals surface area (Å²) in [6, 6.07) is 10.2. The van der Waals surface area contributed by atoms with Gasteiger partial charge in [-0.1, -0.05) is 19.1 Å². The Morgan fingerprint density at radius 2 is 2.00 bits per heavy atom. The molecule has 1 N–H and O–H groups in total. The number of halogens is 1. The standard InChI is InChI=1S/C17H18ClN3OS/c1-3-13-10-14-15(20-17(18)21-16(14)23-13)19-9-8-11-4-6-12(22-2)7-5-11/h4-7,10H,3,8-9H2,1-2H3,(H,19,20,21). The zero-order valence-electron chi connectivity index (χ0n) is 13.1. The summed E-state index contributed by atoms with van der Waals surface area (Å²) in [6.07, 6.45) is 1.89. The van der Waals surface area contributed by atoms with Crippen molar-refractivity contribution >= 4 is 39.0 Å². The highest BCUT2D eigenvalue weighted by molar-refractivity contribution is 7.18. The van der Waals surface area contributed by atoms with Crippen molar-refractivity contribution in [2.45, 2.75) is 19.8 Å². The molecule has 2 aromatic heterocycles. The van der Waals surface area contributed by atoms with E-state index >= 15 is 0 Å². The van der Waals surface area contributed by atoms with Crippen LogP contribution in [0.15, 0.2) is 30.3 Å². The number of thiophene rings is 1. The fraction of sp³-hybridized carbons (Fsp3) is 0.294. The first-order valence-electron chi connectivity index (χ1n) is 7.52.